The smallest absolute Gasteiger partial charge is 0.234 e. The Balaban J connectivity index is 1.70. The first-order chi connectivity index (χ1) is 11.6. The molecule has 0 aliphatic rings. The van der Waals surface area contributed by atoms with Gasteiger partial charge in [-0.05, 0) is 42.5 Å². The van der Waals surface area contributed by atoms with Gasteiger partial charge >= 0.3 is 0 Å². The molecule has 0 saturated heterocycles. The Bertz CT molecular complexity index is 838. The summed E-state index contributed by atoms with van der Waals surface area (Å²) in [6.45, 7) is 0. The maximum Gasteiger partial charge on any atom is 0.234 e. The Morgan fingerprint density at radius 3 is 2.75 bits per heavy atom. The molecule has 8 heteroatoms. The summed E-state index contributed by atoms with van der Waals surface area (Å²) in [5, 5.41) is 16.7. The molecule has 0 radical (unpaired) electrons. The summed E-state index contributed by atoms with van der Waals surface area (Å²) in [6, 6.07) is 11.8. The second-order valence-corrected chi connectivity index (χ2v) is 6.32. The Morgan fingerprint density at radius 1 is 1.25 bits per heavy atom. The number of phenols is 1. The first-order valence-electron chi connectivity index (χ1n) is 6.98. The number of aromatic nitrogens is 3. The van der Waals surface area contributed by atoms with Crippen LogP contribution in [0.3, 0.4) is 0 Å². The highest BCUT2D eigenvalue weighted by molar-refractivity contribution is 8.00. The molecule has 24 heavy (non-hydrogen) atoms. The van der Waals surface area contributed by atoms with Gasteiger partial charge in [-0.2, -0.15) is 5.10 Å². The Hall–Kier alpha value is -2.51. The minimum absolute atomic E-state index is 0.170. The number of thioether (sulfide) groups is 1. The van der Waals surface area contributed by atoms with Gasteiger partial charge in [-0.1, -0.05) is 11.6 Å². The van der Waals surface area contributed by atoms with Gasteiger partial charge in [0, 0.05) is 9.92 Å². The summed E-state index contributed by atoms with van der Waals surface area (Å²) in [5.41, 5.74) is 1.24. The largest absolute Gasteiger partial charge is 0.508 e. The molecule has 1 amide bonds. The van der Waals surface area contributed by atoms with Crippen LogP contribution in [-0.2, 0) is 4.79 Å². The number of nitrogens with zero attached hydrogens (tertiary/aromatic N) is 3. The number of anilines is 1. The Morgan fingerprint density at radius 2 is 2.04 bits per heavy atom. The fourth-order valence-electron chi connectivity index (χ4n) is 2.02. The molecule has 3 aromatic rings. The van der Waals surface area contributed by atoms with E-state index in [1.54, 1.807) is 53.5 Å². The van der Waals surface area contributed by atoms with Gasteiger partial charge in [0.2, 0.25) is 5.91 Å². The van der Waals surface area contributed by atoms with E-state index in [2.05, 4.69) is 15.4 Å². The van der Waals surface area contributed by atoms with Crippen LogP contribution >= 0.6 is 23.4 Å². The molecule has 1 aromatic heterocycles. The van der Waals surface area contributed by atoms with Crippen LogP contribution in [0, 0.1) is 0 Å². The molecule has 2 aromatic carbocycles. The molecule has 0 atom stereocenters. The van der Waals surface area contributed by atoms with Gasteiger partial charge in [-0.15, -0.1) is 11.8 Å². The lowest BCUT2D eigenvalue weighted by molar-refractivity contribution is -0.113. The predicted molar refractivity (Wildman–Crippen MR) is 93.8 cm³/mol. The second-order valence-electron chi connectivity index (χ2n) is 4.83. The minimum atomic E-state index is -0.170. The number of carbonyl (C=O) groups excluding carboxylic acids is 1. The van der Waals surface area contributed by atoms with Gasteiger partial charge in [-0.25, -0.2) is 9.67 Å². The van der Waals surface area contributed by atoms with Crippen LogP contribution in [0.25, 0.3) is 5.69 Å². The molecule has 0 aliphatic heterocycles. The average Bonchev–Trinajstić information content (AvgIpc) is 3.09. The average molecular weight is 361 g/mol. The highest BCUT2D eigenvalue weighted by Gasteiger charge is 2.10. The van der Waals surface area contributed by atoms with E-state index in [1.807, 2.05) is 0 Å². The second kappa shape index (κ2) is 7.37. The van der Waals surface area contributed by atoms with E-state index in [4.69, 9.17) is 11.6 Å². The number of aromatic hydroxyl groups is 1. The summed E-state index contributed by atoms with van der Waals surface area (Å²) in [5.74, 6) is 0.255. The van der Waals surface area contributed by atoms with Crippen molar-refractivity contribution in [3.05, 3.63) is 60.1 Å². The van der Waals surface area contributed by atoms with Gasteiger partial charge < -0.3 is 10.4 Å². The van der Waals surface area contributed by atoms with Gasteiger partial charge in [0.05, 0.1) is 17.1 Å². The zero-order valence-corrected chi connectivity index (χ0v) is 14.0. The molecular weight excluding hydrogens is 348 g/mol. The van der Waals surface area contributed by atoms with Crippen molar-refractivity contribution in [1.29, 1.82) is 0 Å². The fourth-order valence-corrected chi connectivity index (χ4v) is 2.89. The quantitative estimate of drug-likeness (QED) is 0.682. The number of rotatable bonds is 5. The molecule has 0 fully saturated rings. The lowest BCUT2D eigenvalue weighted by Crippen LogP contribution is -2.16. The third-order valence-electron chi connectivity index (χ3n) is 3.10. The molecule has 3 rings (SSSR count). The number of benzene rings is 2. The number of carbonyl (C=O) groups is 1. The van der Waals surface area contributed by atoms with E-state index in [0.29, 0.717) is 16.4 Å². The molecule has 0 aliphatic carbocycles. The number of phenolic OH excluding ortho intramolecular Hbond substituents is 1. The van der Waals surface area contributed by atoms with Crippen molar-refractivity contribution in [3.63, 3.8) is 0 Å². The van der Waals surface area contributed by atoms with Crippen molar-refractivity contribution in [1.82, 2.24) is 14.8 Å². The molecule has 0 spiro atoms. The molecule has 0 unspecified atom stereocenters. The third-order valence-corrected chi connectivity index (χ3v) is 4.35. The summed E-state index contributed by atoms with van der Waals surface area (Å²) >= 11 is 7.40. The van der Waals surface area contributed by atoms with Crippen molar-refractivity contribution in [3.8, 4) is 11.4 Å². The molecule has 2 N–H and O–H groups in total. The van der Waals surface area contributed by atoms with Crippen LogP contribution in [0.2, 0.25) is 5.02 Å². The maximum absolute atomic E-state index is 12.2. The number of halogens is 1. The topological polar surface area (TPSA) is 80.0 Å². The van der Waals surface area contributed by atoms with Gasteiger partial charge in [0.1, 0.15) is 18.4 Å². The van der Waals surface area contributed by atoms with Crippen LogP contribution in [0.5, 0.6) is 5.75 Å². The van der Waals surface area contributed by atoms with Crippen molar-refractivity contribution in [2.75, 3.05) is 11.1 Å². The normalized spacial score (nSPS) is 10.5. The van der Waals surface area contributed by atoms with Crippen molar-refractivity contribution in [2.45, 2.75) is 4.90 Å². The van der Waals surface area contributed by atoms with Gasteiger partial charge in [-0.3, -0.25) is 4.79 Å². The fraction of sp³-hybridized carbons (Fsp3) is 0.0625. The van der Waals surface area contributed by atoms with E-state index >= 15 is 0 Å². The zero-order chi connectivity index (χ0) is 16.9. The summed E-state index contributed by atoms with van der Waals surface area (Å²) < 4.78 is 1.55. The molecule has 122 valence electrons. The van der Waals surface area contributed by atoms with Crippen LogP contribution in [-0.4, -0.2) is 31.5 Å². The SMILES string of the molecule is O=C(CSc1ccc(O)cc1)Nc1cc(Cl)ccc1-n1cncn1. The molecule has 6 nitrogen and oxygen atoms in total. The molecule has 0 bridgehead atoms. The first-order valence-corrected chi connectivity index (χ1v) is 8.34. The van der Waals surface area contributed by atoms with Crippen LogP contribution in [0.4, 0.5) is 5.69 Å². The zero-order valence-electron chi connectivity index (χ0n) is 12.4. The number of amides is 1. The van der Waals surface area contributed by atoms with Crippen molar-refractivity contribution in [2.24, 2.45) is 0 Å². The number of hydrogen-bond acceptors (Lipinski definition) is 5. The minimum Gasteiger partial charge on any atom is -0.508 e. The third kappa shape index (κ3) is 4.06. The van der Waals surface area contributed by atoms with Gasteiger partial charge in [0.15, 0.2) is 0 Å². The number of nitrogens with one attached hydrogen (secondary N) is 1. The van der Waals surface area contributed by atoms with E-state index < -0.39 is 0 Å². The first kappa shape index (κ1) is 16.4. The standard InChI is InChI=1S/C16H13ClN4O2S/c17-11-1-6-15(21-10-18-9-19-21)14(7-11)20-16(23)8-24-13-4-2-12(22)3-5-13/h1-7,9-10,22H,8H2,(H,20,23). The Labute approximate surface area is 147 Å². The van der Waals surface area contributed by atoms with E-state index in [1.165, 1.54) is 18.1 Å². The predicted octanol–water partition coefficient (Wildman–Crippen LogP) is 3.36. The highest BCUT2D eigenvalue weighted by Crippen LogP contribution is 2.25. The Kier molecular flexibility index (Phi) is 5.02. The molecule has 0 saturated carbocycles. The highest BCUT2D eigenvalue weighted by atomic mass is 35.5. The molecule has 1 heterocycles. The summed E-state index contributed by atoms with van der Waals surface area (Å²) in [7, 11) is 0. The summed E-state index contributed by atoms with van der Waals surface area (Å²) in [6.07, 6.45) is 2.96. The lowest BCUT2D eigenvalue weighted by atomic mass is 10.2. The van der Waals surface area contributed by atoms with E-state index in [-0.39, 0.29) is 17.4 Å². The maximum atomic E-state index is 12.2. The number of hydrogen-bond donors (Lipinski definition) is 2. The van der Waals surface area contributed by atoms with Crippen LogP contribution in [0.15, 0.2) is 60.0 Å². The molecular formula is C16H13ClN4O2S. The van der Waals surface area contributed by atoms with Gasteiger partial charge in [0.25, 0.3) is 0 Å². The monoisotopic (exact) mass is 360 g/mol. The van der Waals surface area contributed by atoms with E-state index in [9.17, 15) is 9.90 Å². The van der Waals surface area contributed by atoms with Crippen LogP contribution < -0.4 is 5.32 Å². The van der Waals surface area contributed by atoms with Crippen molar-refractivity contribution < 1.29 is 9.90 Å². The van der Waals surface area contributed by atoms with Crippen LogP contribution in [0.1, 0.15) is 0 Å². The summed E-state index contributed by atoms with van der Waals surface area (Å²) in [4.78, 5) is 17.0. The van der Waals surface area contributed by atoms with E-state index in [0.717, 1.165) is 4.90 Å². The van der Waals surface area contributed by atoms with Crippen molar-refractivity contribution >= 4 is 35.0 Å². The lowest BCUT2D eigenvalue weighted by Gasteiger charge is -2.11.